The van der Waals surface area contributed by atoms with Crippen LogP contribution in [-0.4, -0.2) is 11.9 Å². The van der Waals surface area contributed by atoms with Gasteiger partial charge >= 0.3 is 6.18 Å². The molecule has 1 saturated carbocycles. The Morgan fingerprint density at radius 1 is 1.45 bits per heavy atom. The molecule has 0 saturated heterocycles. The zero-order valence-electron chi connectivity index (χ0n) is 11.1. The lowest BCUT2D eigenvalue weighted by Crippen LogP contribution is -2.28. The molecule has 6 heteroatoms. The monoisotopic (exact) mass is 286 g/mol. The van der Waals surface area contributed by atoms with Crippen LogP contribution in [0.1, 0.15) is 30.4 Å². The van der Waals surface area contributed by atoms with Crippen LogP contribution in [0.2, 0.25) is 0 Å². The summed E-state index contributed by atoms with van der Waals surface area (Å²) in [7, 11) is 0. The highest BCUT2D eigenvalue weighted by molar-refractivity contribution is 5.91. The van der Waals surface area contributed by atoms with Crippen LogP contribution >= 0.6 is 0 Å². The first-order valence-corrected chi connectivity index (χ1v) is 6.50. The van der Waals surface area contributed by atoms with E-state index in [2.05, 4.69) is 5.32 Å². The first-order chi connectivity index (χ1) is 9.27. The highest BCUT2D eigenvalue weighted by atomic mass is 19.4. The number of nitrogens with one attached hydrogen (secondary N) is 1. The van der Waals surface area contributed by atoms with Gasteiger partial charge in [-0.25, -0.2) is 0 Å². The summed E-state index contributed by atoms with van der Waals surface area (Å²) < 4.78 is 38.3. The molecule has 1 aromatic carbocycles. The number of halogens is 3. The molecule has 1 aliphatic rings. The number of carbonyl (C=O) groups is 1. The predicted octanol–water partition coefficient (Wildman–Crippen LogP) is 3.08. The predicted molar refractivity (Wildman–Crippen MR) is 70.1 cm³/mol. The maximum atomic E-state index is 12.8. The second-order valence-electron chi connectivity index (χ2n) is 5.28. The van der Waals surface area contributed by atoms with Crippen molar-refractivity contribution in [1.82, 2.24) is 0 Å². The molecule has 1 amide bonds. The minimum atomic E-state index is -4.42. The molecule has 0 bridgehead atoms. The molecule has 110 valence electrons. The SMILES string of the molecule is Cc1ccc(NC(=O)CC(N)C2CC2)cc1C(F)(F)F. The number of anilines is 1. The van der Waals surface area contributed by atoms with Crippen molar-refractivity contribution in [3.63, 3.8) is 0 Å². The van der Waals surface area contributed by atoms with E-state index in [9.17, 15) is 18.0 Å². The third-order valence-electron chi connectivity index (χ3n) is 3.48. The molecule has 3 nitrogen and oxygen atoms in total. The van der Waals surface area contributed by atoms with Gasteiger partial charge in [0.05, 0.1) is 5.56 Å². The molecule has 1 unspecified atom stereocenters. The first kappa shape index (κ1) is 14.8. The van der Waals surface area contributed by atoms with E-state index in [-0.39, 0.29) is 29.6 Å². The van der Waals surface area contributed by atoms with Crippen molar-refractivity contribution in [2.24, 2.45) is 11.7 Å². The van der Waals surface area contributed by atoms with E-state index in [1.54, 1.807) is 0 Å². The fourth-order valence-corrected chi connectivity index (χ4v) is 2.12. The molecule has 3 N–H and O–H groups in total. The topological polar surface area (TPSA) is 55.1 Å². The molecule has 1 atom stereocenters. The Balaban J connectivity index is 2.03. The number of hydrogen-bond acceptors (Lipinski definition) is 2. The van der Waals surface area contributed by atoms with Gasteiger partial charge in [0.25, 0.3) is 0 Å². The van der Waals surface area contributed by atoms with Crippen LogP contribution < -0.4 is 11.1 Å². The van der Waals surface area contributed by atoms with Gasteiger partial charge in [-0.1, -0.05) is 6.07 Å². The van der Waals surface area contributed by atoms with Crippen LogP contribution in [0.15, 0.2) is 18.2 Å². The van der Waals surface area contributed by atoms with Gasteiger partial charge in [0.1, 0.15) is 0 Å². The lowest BCUT2D eigenvalue weighted by molar-refractivity contribution is -0.138. The Labute approximate surface area is 115 Å². The van der Waals surface area contributed by atoms with Crippen molar-refractivity contribution < 1.29 is 18.0 Å². The summed E-state index contributed by atoms with van der Waals surface area (Å²) in [5, 5.41) is 2.48. The molecule has 0 heterocycles. The van der Waals surface area contributed by atoms with Crippen molar-refractivity contribution in [2.45, 2.75) is 38.4 Å². The Kier molecular flexibility index (Phi) is 4.04. The third-order valence-corrected chi connectivity index (χ3v) is 3.48. The van der Waals surface area contributed by atoms with Crippen LogP contribution in [0.4, 0.5) is 18.9 Å². The van der Waals surface area contributed by atoms with Crippen LogP contribution in [0.3, 0.4) is 0 Å². The fourth-order valence-electron chi connectivity index (χ4n) is 2.12. The summed E-state index contributed by atoms with van der Waals surface area (Å²) in [4.78, 5) is 11.7. The van der Waals surface area contributed by atoms with E-state index in [1.807, 2.05) is 0 Å². The Morgan fingerprint density at radius 2 is 2.10 bits per heavy atom. The molecule has 0 spiro atoms. The number of hydrogen-bond donors (Lipinski definition) is 2. The minimum absolute atomic E-state index is 0.130. The van der Waals surface area contributed by atoms with Crippen molar-refractivity contribution in [3.8, 4) is 0 Å². The average molecular weight is 286 g/mol. The second-order valence-corrected chi connectivity index (χ2v) is 5.28. The highest BCUT2D eigenvalue weighted by Crippen LogP contribution is 2.34. The van der Waals surface area contributed by atoms with Crippen molar-refractivity contribution in [3.05, 3.63) is 29.3 Å². The second kappa shape index (κ2) is 5.44. The van der Waals surface area contributed by atoms with E-state index in [0.717, 1.165) is 18.9 Å². The van der Waals surface area contributed by atoms with Crippen LogP contribution in [-0.2, 0) is 11.0 Å². The fraction of sp³-hybridized carbons (Fsp3) is 0.500. The molecule has 0 aliphatic heterocycles. The minimum Gasteiger partial charge on any atom is -0.327 e. The molecular weight excluding hydrogens is 269 g/mol. The average Bonchev–Trinajstić information content (AvgIpc) is 3.13. The van der Waals surface area contributed by atoms with Gasteiger partial charge < -0.3 is 11.1 Å². The van der Waals surface area contributed by atoms with E-state index < -0.39 is 11.7 Å². The zero-order chi connectivity index (χ0) is 14.9. The van der Waals surface area contributed by atoms with Gasteiger partial charge in [0.2, 0.25) is 5.91 Å². The standard InChI is InChI=1S/C14H17F3N2O/c1-8-2-5-10(6-11(8)14(15,16)17)19-13(20)7-12(18)9-3-4-9/h2,5-6,9,12H,3-4,7,18H2,1H3,(H,19,20). The molecule has 0 radical (unpaired) electrons. The van der Waals surface area contributed by atoms with E-state index in [4.69, 9.17) is 5.73 Å². The number of rotatable bonds is 4. The van der Waals surface area contributed by atoms with Gasteiger partial charge in [0.15, 0.2) is 0 Å². The van der Waals surface area contributed by atoms with Gasteiger partial charge in [-0.2, -0.15) is 13.2 Å². The van der Waals surface area contributed by atoms with Crippen molar-refractivity contribution in [2.75, 3.05) is 5.32 Å². The molecule has 1 aromatic rings. The maximum Gasteiger partial charge on any atom is 0.416 e. The largest absolute Gasteiger partial charge is 0.416 e. The Bertz CT molecular complexity index is 510. The van der Waals surface area contributed by atoms with Crippen molar-refractivity contribution >= 4 is 11.6 Å². The van der Waals surface area contributed by atoms with Crippen LogP contribution in [0, 0.1) is 12.8 Å². The van der Waals surface area contributed by atoms with E-state index in [1.165, 1.54) is 19.1 Å². The molecule has 1 fully saturated rings. The van der Waals surface area contributed by atoms with E-state index >= 15 is 0 Å². The lowest BCUT2D eigenvalue weighted by atomic mass is 10.1. The molecule has 2 rings (SSSR count). The Morgan fingerprint density at radius 3 is 2.65 bits per heavy atom. The summed E-state index contributed by atoms with van der Waals surface area (Å²) in [5.41, 5.74) is 5.36. The van der Waals surface area contributed by atoms with Crippen LogP contribution in [0.5, 0.6) is 0 Å². The number of alkyl halides is 3. The summed E-state index contributed by atoms with van der Waals surface area (Å²) in [5.74, 6) is 0.0332. The molecular formula is C14H17F3N2O. The smallest absolute Gasteiger partial charge is 0.327 e. The van der Waals surface area contributed by atoms with Crippen molar-refractivity contribution in [1.29, 1.82) is 0 Å². The van der Waals surface area contributed by atoms with E-state index in [0.29, 0.717) is 5.92 Å². The maximum absolute atomic E-state index is 12.8. The summed E-state index contributed by atoms with van der Waals surface area (Å²) in [6.45, 7) is 1.39. The molecule has 20 heavy (non-hydrogen) atoms. The first-order valence-electron chi connectivity index (χ1n) is 6.50. The number of nitrogens with two attached hydrogens (primary N) is 1. The number of carbonyl (C=O) groups excluding carboxylic acids is 1. The van der Waals surface area contributed by atoms with Gasteiger partial charge in [-0.05, 0) is 43.4 Å². The quantitative estimate of drug-likeness (QED) is 0.893. The normalized spacial score (nSPS) is 16.9. The molecule has 0 aromatic heterocycles. The summed E-state index contributed by atoms with van der Waals surface area (Å²) >= 11 is 0. The van der Waals surface area contributed by atoms with Gasteiger partial charge in [0, 0.05) is 18.2 Å². The highest BCUT2D eigenvalue weighted by Gasteiger charge is 2.33. The third kappa shape index (κ3) is 3.72. The Hall–Kier alpha value is -1.56. The van der Waals surface area contributed by atoms with Gasteiger partial charge in [-0.15, -0.1) is 0 Å². The summed E-state index contributed by atoms with van der Waals surface area (Å²) in [6, 6.07) is 3.56. The number of benzene rings is 1. The number of aryl methyl sites for hydroxylation is 1. The number of amides is 1. The lowest BCUT2D eigenvalue weighted by Gasteiger charge is -2.14. The zero-order valence-corrected chi connectivity index (χ0v) is 11.1. The van der Waals surface area contributed by atoms with Crippen LogP contribution in [0.25, 0.3) is 0 Å². The summed E-state index contributed by atoms with van der Waals surface area (Å²) in [6.07, 6.45) is -2.23. The van der Waals surface area contributed by atoms with Gasteiger partial charge in [-0.3, -0.25) is 4.79 Å². The molecule has 1 aliphatic carbocycles.